The lowest BCUT2D eigenvalue weighted by atomic mass is 10.1. The molecule has 2 nitrogen and oxygen atoms in total. The summed E-state index contributed by atoms with van der Waals surface area (Å²) in [5.41, 5.74) is 1.01. The van der Waals surface area contributed by atoms with Gasteiger partial charge >= 0.3 is 0 Å². The van der Waals surface area contributed by atoms with E-state index < -0.39 is 0 Å². The summed E-state index contributed by atoms with van der Waals surface area (Å²) in [4.78, 5) is 0. The first-order valence-electron chi connectivity index (χ1n) is 3.77. The van der Waals surface area contributed by atoms with Crippen molar-refractivity contribution in [3.8, 4) is 12.1 Å². The molecule has 0 amide bonds. The third-order valence-corrected chi connectivity index (χ3v) is 3.16. The highest BCUT2D eigenvalue weighted by Crippen LogP contribution is 2.30. The summed E-state index contributed by atoms with van der Waals surface area (Å²) < 4.78 is 0.936. The molecule has 1 aromatic heterocycles. The number of nitrogens with zero attached hydrogens (tertiary/aromatic N) is 2. The molecule has 0 fully saturated rings. The Hall–Kier alpha value is -1.55. The molecule has 0 saturated carbocycles. The Labute approximate surface area is 89.6 Å². The van der Waals surface area contributed by atoms with Crippen LogP contribution in [-0.2, 0) is 0 Å². The minimum Gasteiger partial charge on any atom is -0.192 e. The molecule has 0 aliphatic rings. The van der Waals surface area contributed by atoms with E-state index in [4.69, 9.17) is 22.1 Å². The maximum atomic E-state index is 8.80. The Bertz CT molecular complexity index is 586. The molecule has 0 N–H and O–H groups in total. The molecule has 2 aromatic rings. The third-order valence-electron chi connectivity index (χ3n) is 1.90. The molecule has 0 atom stereocenters. The molecule has 0 spiro atoms. The fourth-order valence-electron chi connectivity index (χ4n) is 1.22. The highest BCUT2D eigenvalue weighted by molar-refractivity contribution is 7.17. The summed E-state index contributed by atoms with van der Waals surface area (Å²) in [5.74, 6) is 0. The van der Waals surface area contributed by atoms with E-state index in [1.54, 1.807) is 17.5 Å². The van der Waals surface area contributed by atoms with Gasteiger partial charge in [-0.15, -0.1) is 11.3 Å². The van der Waals surface area contributed by atoms with Crippen LogP contribution in [0.4, 0.5) is 0 Å². The largest absolute Gasteiger partial charge is 0.192 e. The van der Waals surface area contributed by atoms with Gasteiger partial charge < -0.3 is 0 Å². The second-order valence-corrected chi connectivity index (χ2v) is 4.02. The van der Waals surface area contributed by atoms with Crippen LogP contribution in [-0.4, -0.2) is 0 Å². The van der Waals surface area contributed by atoms with Crippen LogP contribution in [0.3, 0.4) is 0 Å². The van der Waals surface area contributed by atoms with E-state index in [1.165, 1.54) is 11.3 Å². The average molecular weight is 219 g/mol. The Kier molecular flexibility index (Phi) is 2.13. The second kappa shape index (κ2) is 3.31. The number of thiophene rings is 1. The zero-order valence-corrected chi connectivity index (χ0v) is 8.49. The van der Waals surface area contributed by atoms with Crippen molar-refractivity contribution in [2.45, 2.75) is 0 Å². The quantitative estimate of drug-likeness (QED) is 0.681. The van der Waals surface area contributed by atoms with Crippen LogP contribution in [0.15, 0.2) is 17.5 Å². The van der Waals surface area contributed by atoms with E-state index in [0.717, 1.165) is 10.1 Å². The topological polar surface area (TPSA) is 47.6 Å². The van der Waals surface area contributed by atoms with Crippen LogP contribution in [0.25, 0.3) is 10.1 Å². The molecule has 2 rings (SSSR count). The van der Waals surface area contributed by atoms with E-state index in [1.807, 2.05) is 6.07 Å². The summed E-state index contributed by atoms with van der Waals surface area (Å²) in [6.45, 7) is 0. The maximum Gasteiger partial charge on any atom is 0.101 e. The lowest BCUT2D eigenvalue weighted by Crippen LogP contribution is -1.77. The van der Waals surface area contributed by atoms with Crippen LogP contribution < -0.4 is 0 Å². The number of halogens is 1. The summed E-state index contributed by atoms with van der Waals surface area (Å²) >= 11 is 7.31. The van der Waals surface area contributed by atoms with E-state index in [9.17, 15) is 0 Å². The van der Waals surface area contributed by atoms with Gasteiger partial charge in [-0.3, -0.25) is 0 Å². The van der Waals surface area contributed by atoms with Crippen molar-refractivity contribution in [2.75, 3.05) is 0 Å². The molecule has 0 aliphatic carbocycles. The highest BCUT2D eigenvalue weighted by Gasteiger charge is 2.07. The van der Waals surface area contributed by atoms with Gasteiger partial charge in [0, 0.05) is 15.5 Å². The lowest BCUT2D eigenvalue weighted by Gasteiger charge is -1.95. The first-order valence-corrected chi connectivity index (χ1v) is 5.03. The average Bonchev–Trinajstić information content (AvgIpc) is 2.58. The molecular formula is C10H3ClN2S. The van der Waals surface area contributed by atoms with Crippen molar-refractivity contribution in [2.24, 2.45) is 0 Å². The normalized spacial score (nSPS) is 9.64. The van der Waals surface area contributed by atoms with Gasteiger partial charge in [0.15, 0.2) is 0 Å². The van der Waals surface area contributed by atoms with Gasteiger partial charge in [-0.1, -0.05) is 11.6 Å². The van der Waals surface area contributed by atoms with Crippen LogP contribution in [0.1, 0.15) is 11.1 Å². The van der Waals surface area contributed by atoms with E-state index in [-0.39, 0.29) is 0 Å². The number of nitriles is 2. The number of benzene rings is 1. The zero-order chi connectivity index (χ0) is 10.1. The Morgan fingerprint density at radius 3 is 2.50 bits per heavy atom. The molecule has 0 aliphatic heterocycles. The molecule has 0 unspecified atom stereocenters. The lowest BCUT2D eigenvalue weighted by molar-refractivity contribution is 1.49. The minimum atomic E-state index is 0.411. The first kappa shape index (κ1) is 9.02. The van der Waals surface area contributed by atoms with Gasteiger partial charge in [-0.2, -0.15) is 10.5 Å². The van der Waals surface area contributed by atoms with Crippen LogP contribution in [0.5, 0.6) is 0 Å². The summed E-state index contributed by atoms with van der Waals surface area (Å²) in [7, 11) is 0. The van der Waals surface area contributed by atoms with E-state index in [0.29, 0.717) is 16.1 Å². The highest BCUT2D eigenvalue weighted by atomic mass is 35.5. The smallest absolute Gasteiger partial charge is 0.101 e. The van der Waals surface area contributed by atoms with Crippen molar-refractivity contribution < 1.29 is 0 Å². The number of hydrogen-bond donors (Lipinski definition) is 0. The molecule has 0 bridgehead atoms. The standard InChI is InChI=1S/C10H3ClN2S/c11-9-2-10-8(1-6(9)3-12)7(4-13)5-14-10/h1-2,5H. The summed E-state index contributed by atoms with van der Waals surface area (Å²) in [6, 6.07) is 7.45. The van der Waals surface area contributed by atoms with Crippen LogP contribution >= 0.6 is 22.9 Å². The van der Waals surface area contributed by atoms with Crippen molar-refractivity contribution in [1.29, 1.82) is 10.5 Å². The number of hydrogen-bond acceptors (Lipinski definition) is 3. The van der Waals surface area contributed by atoms with E-state index >= 15 is 0 Å². The van der Waals surface area contributed by atoms with Gasteiger partial charge in [0.2, 0.25) is 0 Å². The maximum absolute atomic E-state index is 8.80. The van der Waals surface area contributed by atoms with Crippen molar-refractivity contribution in [3.05, 3.63) is 33.7 Å². The molecule has 1 heterocycles. The first-order chi connectivity index (χ1) is 6.76. The molecule has 1 aromatic carbocycles. The Balaban J connectivity index is 2.87. The number of fused-ring (bicyclic) bond motifs is 1. The Morgan fingerprint density at radius 2 is 1.86 bits per heavy atom. The fourth-order valence-corrected chi connectivity index (χ4v) is 2.40. The fraction of sp³-hybridized carbons (Fsp3) is 0. The van der Waals surface area contributed by atoms with Crippen molar-refractivity contribution in [3.63, 3.8) is 0 Å². The molecule has 0 saturated heterocycles. The van der Waals surface area contributed by atoms with Gasteiger partial charge in [-0.05, 0) is 12.1 Å². The van der Waals surface area contributed by atoms with Crippen molar-refractivity contribution >= 4 is 33.0 Å². The predicted molar refractivity (Wildman–Crippen MR) is 56.3 cm³/mol. The Morgan fingerprint density at radius 1 is 1.14 bits per heavy atom. The summed E-state index contributed by atoms with van der Waals surface area (Å²) in [5, 5.41) is 20.6. The summed E-state index contributed by atoms with van der Waals surface area (Å²) in [6.07, 6.45) is 0. The van der Waals surface area contributed by atoms with Gasteiger partial charge in [0.05, 0.1) is 16.1 Å². The van der Waals surface area contributed by atoms with Gasteiger partial charge in [0.1, 0.15) is 12.1 Å². The molecule has 0 radical (unpaired) electrons. The third kappa shape index (κ3) is 1.24. The SMILES string of the molecule is N#Cc1cc2c(C#N)csc2cc1Cl. The molecule has 14 heavy (non-hydrogen) atoms. The van der Waals surface area contributed by atoms with Crippen LogP contribution in [0.2, 0.25) is 5.02 Å². The monoisotopic (exact) mass is 218 g/mol. The minimum absolute atomic E-state index is 0.411. The molecule has 4 heteroatoms. The van der Waals surface area contributed by atoms with Gasteiger partial charge in [-0.25, -0.2) is 0 Å². The predicted octanol–water partition coefficient (Wildman–Crippen LogP) is 3.30. The van der Waals surface area contributed by atoms with Crippen LogP contribution in [0, 0.1) is 22.7 Å². The zero-order valence-electron chi connectivity index (χ0n) is 6.91. The molecular weight excluding hydrogens is 216 g/mol. The number of rotatable bonds is 0. The van der Waals surface area contributed by atoms with E-state index in [2.05, 4.69) is 6.07 Å². The van der Waals surface area contributed by atoms with Crippen molar-refractivity contribution in [1.82, 2.24) is 0 Å². The molecule has 66 valence electrons. The second-order valence-electron chi connectivity index (χ2n) is 2.70. The van der Waals surface area contributed by atoms with Gasteiger partial charge in [0.25, 0.3) is 0 Å².